The summed E-state index contributed by atoms with van der Waals surface area (Å²) in [4.78, 5) is 16.3. The Bertz CT molecular complexity index is 899. The van der Waals surface area contributed by atoms with Crippen LogP contribution in [0.2, 0.25) is 5.02 Å². The zero-order valence-electron chi connectivity index (χ0n) is 12.6. The Morgan fingerprint density at radius 2 is 1.82 bits per heavy atom. The van der Waals surface area contributed by atoms with Crippen LogP contribution in [-0.4, -0.2) is 9.55 Å². The number of nitrogens with zero attached hydrogens (tertiary/aromatic N) is 2. The van der Waals surface area contributed by atoms with E-state index in [2.05, 4.69) is 17.1 Å². The molecule has 0 aliphatic rings. The topological polar surface area (TPSA) is 34.9 Å². The molecule has 1 aromatic heterocycles. The molecule has 1 heterocycles. The van der Waals surface area contributed by atoms with Gasteiger partial charge in [0.2, 0.25) is 0 Å². The second-order valence-electron chi connectivity index (χ2n) is 5.46. The molecule has 0 aliphatic heterocycles. The lowest BCUT2D eigenvalue weighted by Crippen LogP contribution is -2.22. The number of benzene rings is 2. The van der Waals surface area contributed by atoms with Crippen molar-refractivity contribution in [2.24, 2.45) is 7.05 Å². The molecule has 0 aliphatic carbocycles. The van der Waals surface area contributed by atoms with Gasteiger partial charge < -0.3 is 0 Å². The zero-order valence-corrected chi connectivity index (χ0v) is 13.4. The van der Waals surface area contributed by atoms with E-state index in [9.17, 15) is 4.79 Å². The van der Waals surface area contributed by atoms with Gasteiger partial charge in [0.05, 0.1) is 0 Å². The molecule has 3 aromatic rings. The third kappa shape index (κ3) is 2.77. The van der Waals surface area contributed by atoms with E-state index in [1.165, 1.54) is 5.56 Å². The van der Waals surface area contributed by atoms with Gasteiger partial charge in [-0.15, -0.1) is 0 Å². The Morgan fingerprint density at radius 3 is 2.59 bits per heavy atom. The average Bonchev–Trinajstić information content (AvgIpc) is 2.51. The van der Waals surface area contributed by atoms with Gasteiger partial charge in [-0.1, -0.05) is 41.9 Å². The van der Waals surface area contributed by atoms with Crippen molar-refractivity contribution in [3.05, 3.63) is 74.9 Å². The molecule has 0 fully saturated rings. The molecule has 0 amide bonds. The predicted octanol–water partition coefficient (Wildman–Crippen LogP) is 3.68. The van der Waals surface area contributed by atoms with Crippen molar-refractivity contribution in [2.75, 3.05) is 0 Å². The van der Waals surface area contributed by atoms with Crippen molar-refractivity contribution < 1.29 is 0 Å². The normalized spacial score (nSPS) is 11.0. The summed E-state index contributed by atoms with van der Waals surface area (Å²) in [6.07, 6.45) is 1.54. The molecule has 0 radical (unpaired) electrons. The van der Waals surface area contributed by atoms with E-state index in [0.29, 0.717) is 0 Å². The number of rotatable bonds is 3. The number of halogens is 1. The van der Waals surface area contributed by atoms with Gasteiger partial charge in [0.1, 0.15) is 5.82 Å². The second-order valence-corrected chi connectivity index (χ2v) is 5.87. The highest BCUT2D eigenvalue weighted by atomic mass is 35.5. The lowest BCUT2D eigenvalue weighted by atomic mass is 10.0. The van der Waals surface area contributed by atoms with Crippen LogP contribution in [-0.2, 0) is 19.9 Å². The van der Waals surface area contributed by atoms with E-state index in [1.54, 1.807) is 17.7 Å². The standard InChI is InChI=1S/C18H17ClN2O/c1-12-11-18(22)21(2)17(20-12)10-8-13-7-9-16(19)15-6-4-3-5-14(13)15/h3-7,9,11H,8,10H2,1-2H3. The summed E-state index contributed by atoms with van der Waals surface area (Å²) in [5, 5.41) is 2.99. The highest BCUT2D eigenvalue weighted by Gasteiger charge is 2.07. The first-order valence-corrected chi connectivity index (χ1v) is 7.64. The van der Waals surface area contributed by atoms with Crippen LogP contribution < -0.4 is 5.56 Å². The maximum Gasteiger partial charge on any atom is 0.253 e. The first-order chi connectivity index (χ1) is 10.6. The lowest BCUT2D eigenvalue weighted by molar-refractivity contribution is 0.706. The largest absolute Gasteiger partial charge is 0.300 e. The maximum atomic E-state index is 11.8. The fraction of sp³-hybridized carbons (Fsp3) is 0.222. The van der Waals surface area contributed by atoms with Gasteiger partial charge in [-0.25, -0.2) is 4.98 Å². The second kappa shape index (κ2) is 5.93. The van der Waals surface area contributed by atoms with Crippen LogP contribution >= 0.6 is 11.6 Å². The molecular formula is C18H17ClN2O. The van der Waals surface area contributed by atoms with Crippen molar-refractivity contribution in [3.63, 3.8) is 0 Å². The molecular weight excluding hydrogens is 296 g/mol. The smallest absolute Gasteiger partial charge is 0.253 e. The Labute approximate surface area is 134 Å². The Kier molecular flexibility index (Phi) is 3.99. The highest BCUT2D eigenvalue weighted by Crippen LogP contribution is 2.27. The Hall–Kier alpha value is -2.13. The molecule has 0 saturated heterocycles. The van der Waals surface area contributed by atoms with Gasteiger partial charge >= 0.3 is 0 Å². The van der Waals surface area contributed by atoms with E-state index < -0.39 is 0 Å². The summed E-state index contributed by atoms with van der Waals surface area (Å²) in [6, 6.07) is 13.7. The predicted molar refractivity (Wildman–Crippen MR) is 90.6 cm³/mol. The third-order valence-electron chi connectivity index (χ3n) is 3.93. The molecule has 22 heavy (non-hydrogen) atoms. The zero-order chi connectivity index (χ0) is 15.7. The molecule has 0 saturated carbocycles. The monoisotopic (exact) mass is 312 g/mol. The Balaban J connectivity index is 1.95. The van der Waals surface area contributed by atoms with E-state index in [1.807, 2.05) is 31.2 Å². The number of hydrogen-bond acceptors (Lipinski definition) is 2. The fourth-order valence-corrected chi connectivity index (χ4v) is 2.95. The molecule has 0 unspecified atom stereocenters. The first-order valence-electron chi connectivity index (χ1n) is 7.26. The first kappa shape index (κ1) is 14.8. The average molecular weight is 313 g/mol. The summed E-state index contributed by atoms with van der Waals surface area (Å²) >= 11 is 6.26. The van der Waals surface area contributed by atoms with Crippen LogP contribution in [0.1, 0.15) is 17.1 Å². The summed E-state index contributed by atoms with van der Waals surface area (Å²) in [5.74, 6) is 0.809. The molecule has 0 N–H and O–H groups in total. The summed E-state index contributed by atoms with van der Waals surface area (Å²) < 4.78 is 1.62. The minimum Gasteiger partial charge on any atom is -0.300 e. The Morgan fingerprint density at radius 1 is 1.09 bits per heavy atom. The van der Waals surface area contributed by atoms with Gasteiger partial charge in [-0.05, 0) is 30.4 Å². The molecule has 2 aromatic carbocycles. The van der Waals surface area contributed by atoms with Crippen LogP contribution in [0.3, 0.4) is 0 Å². The molecule has 0 atom stereocenters. The molecule has 0 spiro atoms. The maximum absolute atomic E-state index is 11.8. The van der Waals surface area contributed by atoms with Crippen LogP contribution in [0.5, 0.6) is 0 Å². The summed E-state index contributed by atoms with van der Waals surface area (Å²) in [7, 11) is 1.77. The molecule has 4 heteroatoms. The van der Waals surface area contributed by atoms with E-state index in [0.717, 1.165) is 40.2 Å². The van der Waals surface area contributed by atoms with Crippen LogP contribution in [0.25, 0.3) is 10.8 Å². The van der Waals surface area contributed by atoms with Crippen molar-refractivity contribution >= 4 is 22.4 Å². The van der Waals surface area contributed by atoms with Crippen molar-refractivity contribution in [3.8, 4) is 0 Å². The van der Waals surface area contributed by atoms with Crippen LogP contribution in [0.4, 0.5) is 0 Å². The van der Waals surface area contributed by atoms with Gasteiger partial charge in [-0.3, -0.25) is 9.36 Å². The SMILES string of the molecule is Cc1cc(=O)n(C)c(CCc2ccc(Cl)c3ccccc23)n1. The molecule has 3 nitrogen and oxygen atoms in total. The van der Waals surface area contributed by atoms with Crippen molar-refractivity contribution in [2.45, 2.75) is 19.8 Å². The van der Waals surface area contributed by atoms with Gasteiger partial charge in [-0.2, -0.15) is 0 Å². The quantitative estimate of drug-likeness (QED) is 0.739. The number of aromatic nitrogens is 2. The number of aryl methyl sites for hydroxylation is 3. The van der Waals surface area contributed by atoms with E-state index in [-0.39, 0.29) is 5.56 Å². The number of fused-ring (bicyclic) bond motifs is 1. The molecule has 3 rings (SSSR count). The fourth-order valence-electron chi connectivity index (χ4n) is 2.73. The van der Waals surface area contributed by atoms with E-state index >= 15 is 0 Å². The minimum absolute atomic E-state index is 0.0107. The highest BCUT2D eigenvalue weighted by molar-refractivity contribution is 6.35. The number of hydrogen-bond donors (Lipinski definition) is 0. The van der Waals surface area contributed by atoms with Crippen molar-refractivity contribution in [1.82, 2.24) is 9.55 Å². The summed E-state index contributed by atoms with van der Waals surface area (Å²) in [6.45, 7) is 1.85. The van der Waals surface area contributed by atoms with E-state index in [4.69, 9.17) is 11.6 Å². The van der Waals surface area contributed by atoms with Crippen LogP contribution in [0, 0.1) is 6.92 Å². The van der Waals surface area contributed by atoms with Gasteiger partial charge in [0.15, 0.2) is 0 Å². The molecule has 0 bridgehead atoms. The van der Waals surface area contributed by atoms with Crippen LogP contribution in [0.15, 0.2) is 47.3 Å². The van der Waals surface area contributed by atoms with Crippen molar-refractivity contribution in [1.29, 1.82) is 0 Å². The third-order valence-corrected chi connectivity index (χ3v) is 4.26. The minimum atomic E-state index is -0.0107. The summed E-state index contributed by atoms with van der Waals surface area (Å²) in [5.41, 5.74) is 1.97. The lowest BCUT2D eigenvalue weighted by Gasteiger charge is -2.10. The molecule has 112 valence electrons. The van der Waals surface area contributed by atoms with Gasteiger partial charge in [0, 0.05) is 35.6 Å². The van der Waals surface area contributed by atoms with Gasteiger partial charge in [0.25, 0.3) is 5.56 Å².